The zero-order valence-electron chi connectivity index (χ0n) is 12.1. The number of nitrogens with one attached hydrogen (secondary N) is 1. The zero-order chi connectivity index (χ0) is 14.5. The lowest BCUT2D eigenvalue weighted by molar-refractivity contribution is -0.146. The minimum atomic E-state index is -0.503. The van der Waals surface area contributed by atoms with Crippen LogP contribution in [0.15, 0.2) is 24.3 Å². The number of likely N-dealkylation sites (N-methyl/N-ethyl adjacent to an activating group) is 1. The van der Waals surface area contributed by atoms with Gasteiger partial charge in [-0.25, -0.2) is 0 Å². The Balaban J connectivity index is 1.92. The molecule has 0 aliphatic carbocycles. The van der Waals surface area contributed by atoms with E-state index in [-0.39, 0.29) is 0 Å². The van der Waals surface area contributed by atoms with Crippen LogP contribution in [0.5, 0.6) is 0 Å². The maximum Gasteiger partial charge on any atom is 0.312 e. The quantitative estimate of drug-likeness (QED) is 0.812. The third-order valence-electron chi connectivity index (χ3n) is 3.47. The van der Waals surface area contributed by atoms with Crippen LogP contribution in [-0.2, 0) is 9.59 Å². The second kappa shape index (κ2) is 6.41. The van der Waals surface area contributed by atoms with Gasteiger partial charge in [-0.3, -0.25) is 9.59 Å². The van der Waals surface area contributed by atoms with Crippen molar-refractivity contribution < 1.29 is 9.59 Å². The average Bonchev–Trinajstić information content (AvgIpc) is 2.47. The Kier molecular flexibility index (Phi) is 4.61. The van der Waals surface area contributed by atoms with E-state index in [0.29, 0.717) is 19.6 Å². The van der Waals surface area contributed by atoms with Crippen molar-refractivity contribution in [1.82, 2.24) is 10.2 Å². The summed E-state index contributed by atoms with van der Waals surface area (Å²) in [6.45, 7) is 7.05. The van der Waals surface area contributed by atoms with E-state index in [0.717, 1.165) is 13.1 Å². The van der Waals surface area contributed by atoms with Gasteiger partial charge in [0.05, 0.1) is 0 Å². The highest BCUT2D eigenvalue weighted by Crippen LogP contribution is 2.17. The Bertz CT molecular complexity index is 494. The van der Waals surface area contributed by atoms with Gasteiger partial charge >= 0.3 is 11.8 Å². The standard InChI is InChI=1S/C15H21N3O2/c1-3-16-14(19)15(20)18-9-7-17(8-10-18)13-6-4-5-12(2)11-13/h4-6,11H,3,7-10H2,1-2H3,(H,16,19). The van der Waals surface area contributed by atoms with E-state index in [1.54, 1.807) is 11.8 Å². The molecule has 1 aliphatic heterocycles. The number of anilines is 1. The Morgan fingerprint density at radius 1 is 1.20 bits per heavy atom. The minimum Gasteiger partial charge on any atom is -0.368 e. The molecular formula is C15H21N3O2. The lowest BCUT2D eigenvalue weighted by Gasteiger charge is -2.35. The predicted molar refractivity (Wildman–Crippen MR) is 78.7 cm³/mol. The molecule has 0 spiro atoms. The van der Waals surface area contributed by atoms with Crippen LogP contribution < -0.4 is 10.2 Å². The second-order valence-electron chi connectivity index (χ2n) is 4.98. The SMILES string of the molecule is CCNC(=O)C(=O)N1CCN(c2cccc(C)c2)CC1. The largest absolute Gasteiger partial charge is 0.368 e. The molecule has 1 N–H and O–H groups in total. The molecule has 0 bridgehead atoms. The Morgan fingerprint density at radius 2 is 1.90 bits per heavy atom. The molecule has 0 aromatic heterocycles. The number of hydrogen-bond donors (Lipinski definition) is 1. The van der Waals surface area contributed by atoms with Crippen molar-refractivity contribution in [3.63, 3.8) is 0 Å². The summed E-state index contributed by atoms with van der Waals surface area (Å²) < 4.78 is 0. The van der Waals surface area contributed by atoms with Crippen LogP contribution in [0.25, 0.3) is 0 Å². The first-order chi connectivity index (χ1) is 9.61. The molecule has 1 aromatic carbocycles. The number of amides is 2. The van der Waals surface area contributed by atoms with E-state index < -0.39 is 11.8 Å². The van der Waals surface area contributed by atoms with Gasteiger partial charge < -0.3 is 15.1 Å². The third-order valence-corrected chi connectivity index (χ3v) is 3.47. The normalized spacial score (nSPS) is 15.1. The lowest BCUT2D eigenvalue weighted by atomic mass is 10.2. The molecule has 108 valence electrons. The summed E-state index contributed by atoms with van der Waals surface area (Å²) in [6, 6.07) is 8.32. The van der Waals surface area contributed by atoms with Crippen LogP contribution in [-0.4, -0.2) is 49.4 Å². The molecule has 2 amide bonds. The van der Waals surface area contributed by atoms with Gasteiger partial charge in [-0.15, -0.1) is 0 Å². The maximum absolute atomic E-state index is 11.9. The summed E-state index contributed by atoms with van der Waals surface area (Å²) in [5.41, 5.74) is 2.40. The number of carbonyl (C=O) groups is 2. The fourth-order valence-corrected chi connectivity index (χ4v) is 2.37. The molecule has 1 saturated heterocycles. The molecule has 2 rings (SSSR count). The van der Waals surface area contributed by atoms with Gasteiger partial charge in [0, 0.05) is 38.4 Å². The summed E-state index contributed by atoms with van der Waals surface area (Å²) >= 11 is 0. The summed E-state index contributed by atoms with van der Waals surface area (Å²) in [5.74, 6) is -0.924. The molecule has 0 unspecified atom stereocenters. The highest BCUT2D eigenvalue weighted by atomic mass is 16.2. The van der Waals surface area contributed by atoms with Gasteiger partial charge in [-0.2, -0.15) is 0 Å². The van der Waals surface area contributed by atoms with E-state index in [4.69, 9.17) is 0 Å². The lowest BCUT2D eigenvalue weighted by Crippen LogP contribution is -2.52. The number of aryl methyl sites for hydroxylation is 1. The maximum atomic E-state index is 11.9. The van der Waals surface area contributed by atoms with Gasteiger partial charge in [-0.1, -0.05) is 12.1 Å². The summed E-state index contributed by atoms with van der Waals surface area (Å²) in [4.78, 5) is 27.3. The molecule has 1 fully saturated rings. The zero-order valence-corrected chi connectivity index (χ0v) is 12.1. The van der Waals surface area contributed by atoms with Gasteiger partial charge in [0.2, 0.25) is 0 Å². The Morgan fingerprint density at radius 3 is 2.50 bits per heavy atom. The number of nitrogens with zero attached hydrogens (tertiary/aromatic N) is 2. The Hall–Kier alpha value is -2.04. The van der Waals surface area contributed by atoms with E-state index >= 15 is 0 Å². The molecule has 0 radical (unpaired) electrons. The molecule has 20 heavy (non-hydrogen) atoms. The van der Waals surface area contributed by atoms with Crippen LogP contribution in [0.2, 0.25) is 0 Å². The van der Waals surface area contributed by atoms with Crippen LogP contribution >= 0.6 is 0 Å². The van der Waals surface area contributed by atoms with Crippen molar-refractivity contribution in [2.24, 2.45) is 0 Å². The number of rotatable bonds is 2. The molecule has 5 nitrogen and oxygen atoms in total. The van der Waals surface area contributed by atoms with Gasteiger partial charge in [0.25, 0.3) is 0 Å². The van der Waals surface area contributed by atoms with Crippen LogP contribution in [0, 0.1) is 6.92 Å². The smallest absolute Gasteiger partial charge is 0.312 e. The van der Waals surface area contributed by atoms with Crippen molar-refractivity contribution in [3.8, 4) is 0 Å². The van der Waals surface area contributed by atoms with E-state index in [1.165, 1.54) is 11.3 Å². The van der Waals surface area contributed by atoms with E-state index in [2.05, 4.69) is 35.3 Å². The molecule has 1 heterocycles. The third kappa shape index (κ3) is 3.29. The van der Waals surface area contributed by atoms with Gasteiger partial charge in [0.15, 0.2) is 0 Å². The number of piperazine rings is 1. The van der Waals surface area contributed by atoms with Crippen LogP contribution in [0.3, 0.4) is 0 Å². The summed E-state index contributed by atoms with van der Waals surface area (Å²) in [7, 11) is 0. The molecule has 5 heteroatoms. The van der Waals surface area contributed by atoms with E-state index in [9.17, 15) is 9.59 Å². The second-order valence-corrected chi connectivity index (χ2v) is 4.98. The molecule has 0 saturated carbocycles. The molecule has 0 atom stereocenters. The fourth-order valence-electron chi connectivity index (χ4n) is 2.37. The van der Waals surface area contributed by atoms with Crippen molar-refractivity contribution in [2.45, 2.75) is 13.8 Å². The van der Waals surface area contributed by atoms with Gasteiger partial charge in [-0.05, 0) is 31.5 Å². The van der Waals surface area contributed by atoms with Crippen molar-refractivity contribution in [2.75, 3.05) is 37.6 Å². The fraction of sp³-hybridized carbons (Fsp3) is 0.467. The highest BCUT2D eigenvalue weighted by molar-refractivity contribution is 6.35. The van der Waals surface area contributed by atoms with Crippen molar-refractivity contribution >= 4 is 17.5 Å². The average molecular weight is 275 g/mol. The van der Waals surface area contributed by atoms with Crippen LogP contribution in [0.1, 0.15) is 12.5 Å². The first-order valence-electron chi connectivity index (χ1n) is 7.00. The predicted octanol–water partition coefficient (Wildman–Crippen LogP) is 0.780. The van der Waals surface area contributed by atoms with Crippen molar-refractivity contribution in [3.05, 3.63) is 29.8 Å². The molecule has 1 aromatic rings. The first kappa shape index (κ1) is 14.4. The Labute approximate surface area is 119 Å². The van der Waals surface area contributed by atoms with E-state index in [1.807, 2.05) is 6.07 Å². The topological polar surface area (TPSA) is 52.7 Å². The number of hydrogen-bond acceptors (Lipinski definition) is 3. The number of carbonyl (C=O) groups excluding carboxylic acids is 2. The molecule has 1 aliphatic rings. The van der Waals surface area contributed by atoms with Gasteiger partial charge in [0.1, 0.15) is 0 Å². The summed E-state index contributed by atoms with van der Waals surface area (Å²) in [5, 5.41) is 2.55. The molecular weight excluding hydrogens is 254 g/mol. The first-order valence-corrected chi connectivity index (χ1v) is 7.00. The van der Waals surface area contributed by atoms with Crippen LogP contribution in [0.4, 0.5) is 5.69 Å². The monoisotopic (exact) mass is 275 g/mol. The minimum absolute atomic E-state index is 0.421. The number of benzene rings is 1. The van der Waals surface area contributed by atoms with Crippen molar-refractivity contribution in [1.29, 1.82) is 0 Å². The summed E-state index contributed by atoms with van der Waals surface area (Å²) in [6.07, 6.45) is 0. The highest BCUT2D eigenvalue weighted by Gasteiger charge is 2.25.